The van der Waals surface area contributed by atoms with Gasteiger partial charge in [0.25, 0.3) is 0 Å². The fourth-order valence-corrected chi connectivity index (χ4v) is 3.80. The van der Waals surface area contributed by atoms with Crippen LogP contribution in [-0.4, -0.2) is 13.4 Å². The highest BCUT2D eigenvalue weighted by molar-refractivity contribution is 7.89. The molecule has 4 nitrogen and oxygen atoms in total. The smallest absolute Gasteiger partial charge is 0.255 e. The molecule has 0 saturated heterocycles. The van der Waals surface area contributed by atoms with Gasteiger partial charge in [-0.15, -0.1) is 0 Å². The van der Waals surface area contributed by atoms with Gasteiger partial charge in [-0.25, -0.2) is 13.6 Å². The number of allylic oxidation sites excluding steroid dienone is 2. The summed E-state index contributed by atoms with van der Waals surface area (Å²) in [5, 5.41) is 5.10. The zero-order valence-corrected chi connectivity index (χ0v) is 15.7. The van der Waals surface area contributed by atoms with E-state index in [1.165, 1.54) is 24.4 Å². The molecule has 1 aromatic carbocycles. The van der Waals surface area contributed by atoms with Gasteiger partial charge in [0.05, 0.1) is 11.3 Å². The van der Waals surface area contributed by atoms with Crippen LogP contribution < -0.4 is 5.14 Å². The molecule has 0 fully saturated rings. The molecule has 3 rings (SSSR count). The van der Waals surface area contributed by atoms with Gasteiger partial charge < -0.3 is 0 Å². The minimum absolute atomic E-state index is 0.0757. The van der Waals surface area contributed by atoms with Gasteiger partial charge in [0.1, 0.15) is 4.90 Å². The van der Waals surface area contributed by atoms with Crippen LogP contribution in [0.1, 0.15) is 43.5 Å². The van der Waals surface area contributed by atoms with Gasteiger partial charge in [0, 0.05) is 6.20 Å². The summed E-state index contributed by atoms with van der Waals surface area (Å²) in [5.74, 6) is 0. The van der Waals surface area contributed by atoms with Crippen molar-refractivity contribution in [2.75, 3.05) is 0 Å². The minimum atomic E-state index is -4.38. The molecule has 144 valence electrons. The number of sulfonamides is 1. The van der Waals surface area contributed by atoms with Crippen LogP contribution in [0.2, 0.25) is 0 Å². The van der Waals surface area contributed by atoms with E-state index >= 15 is 0 Å². The second-order valence-corrected chi connectivity index (χ2v) is 9.04. The van der Waals surface area contributed by atoms with E-state index in [0.29, 0.717) is 24.1 Å². The number of hydrogen-bond donors (Lipinski definition) is 1. The maximum atomic E-state index is 12.8. The Morgan fingerprint density at radius 1 is 1.00 bits per heavy atom. The average molecular weight is 396 g/mol. The average Bonchev–Trinajstić information content (AvgIpc) is 2.89. The summed E-state index contributed by atoms with van der Waals surface area (Å²) in [6.07, 6.45) is -1.81. The van der Waals surface area contributed by atoms with Gasteiger partial charge in [-0.3, -0.25) is 4.98 Å². The van der Waals surface area contributed by atoms with E-state index in [1.54, 1.807) is 6.07 Å². The Balaban J connectivity index is 2.04. The van der Waals surface area contributed by atoms with Crippen LogP contribution in [0.15, 0.2) is 47.5 Å². The van der Waals surface area contributed by atoms with E-state index < -0.39 is 21.8 Å². The van der Waals surface area contributed by atoms with Crippen molar-refractivity contribution in [1.82, 2.24) is 4.98 Å². The van der Waals surface area contributed by atoms with Crippen molar-refractivity contribution >= 4 is 21.2 Å². The first kappa shape index (κ1) is 19.6. The Hall–Kier alpha value is -2.19. The zero-order valence-electron chi connectivity index (χ0n) is 14.8. The van der Waals surface area contributed by atoms with E-state index in [9.17, 15) is 21.6 Å². The molecule has 27 heavy (non-hydrogen) atoms. The number of halogens is 3. The molecule has 1 heterocycles. The molecule has 0 amide bonds. The van der Waals surface area contributed by atoms with Crippen LogP contribution in [0.4, 0.5) is 13.2 Å². The number of alkyl halides is 3. The summed E-state index contributed by atoms with van der Waals surface area (Å²) in [5.41, 5.74) is 2.36. The highest BCUT2D eigenvalue weighted by atomic mass is 32.2. The van der Waals surface area contributed by atoms with E-state index in [1.807, 2.05) is 0 Å². The molecule has 8 heteroatoms. The molecule has 0 atom stereocenters. The predicted molar refractivity (Wildman–Crippen MR) is 96.9 cm³/mol. The van der Waals surface area contributed by atoms with E-state index in [4.69, 9.17) is 5.14 Å². The molecule has 1 aliphatic rings. The Bertz CT molecular complexity index is 991. The van der Waals surface area contributed by atoms with Crippen molar-refractivity contribution in [3.8, 4) is 0 Å². The Morgan fingerprint density at radius 2 is 1.59 bits per heavy atom. The highest BCUT2D eigenvalue weighted by Gasteiger charge is 2.34. The van der Waals surface area contributed by atoms with Crippen molar-refractivity contribution in [1.29, 1.82) is 0 Å². The molecule has 0 unspecified atom stereocenters. The lowest BCUT2D eigenvalue weighted by Gasteiger charge is -2.17. The van der Waals surface area contributed by atoms with Gasteiger partial charge in [0.15, 0.2) is 0 Å². The first-order chi connectivity index (χ1) is 12.4. The van der Waals surface area contributed by atoms with Crippen molar-refractivity contribution in [3.63, 3.8) is 0 Å². The van der Waals surface area contributed by atoms with Crippen molar-refractivity contribution in [2.45, 2.75) is 37.8 Å². The normalized spacial score (nSPS) is 17.4. The lowest BCUT2D eigenvalue weighted by atomic mass is 9.88. The number of hydrogen-bond acceptors (Lipinski definition) is 3. The summed E-state index contributed by atoms with van der Waals surface area (Å²) < 4.78 is 61.2. The molecule has 0 aliphatic heterocycles. The van der Waals surface area contributed by atoms with Crippen LogP contribution in [0.3, 0.4) is 0 Å². The molecular weight excluding hydrogens is 377 g/mol. The Labute approximate surface area is 156 Å². The number of pyridine rings is 1. The molecule has 0 saturated carbocycles. The second-order valence-electron chi connectivity index (χ2n) is 7.47. The van der Waals surface area contributed by atoms with Crippen LogP contribution in [0.25, 0.3) is 11.1 Å². The van der Waals surface area contributed by atoms with Gasteiger partial charge in [-0.2, -0.15) is 13.2 Å². The number of nitrogens with two attached hydrogens (primary N) is 1. The lowest BCUT2D eigenvalue weighted by molar-refractivity contribution is -0.137. The fraction of sp³-hybridized carbons (Fsp3) is 0.316. The summed E-state index contributed by atoms with van der Waals surface area (Å²) in [6, 6.07) is 8.06. The van der Waals surface area contributed by atoms with Crippen molar-refractivity contribution in [2.24, 2.45) is 10.6 Å². The first-order valence-corrected chi connectivity index (χ1v) is 9.80. The second kappa shape index (κ2) is 6.45. The summed E-state index contributed by atoms with van der Waals surface area (Å²) >= 11 is 0. The molecule has 2 aromatic rings. The van der Waals surface area contributed by atoms with E-state index in [0.717, 1.165) is 23.3 Å². The Kier molecular flexibility index (Phi) is 4.68. The third-order valence-electron chi connectivity index (χ3n) is 4.61. The van der Waals surface area contributed by atoms with Crippen LogP contribution >= 0.6 is 0 Å². The quantitative estimate of drug-likeness (QED) is 0.831. The van der Waals surface area contributed by atoms with Crippen LogP contribution in [0.5, 0.6) is 0 Å². The zero-order chi connectivity index (χ0) is 20.0. The van der Waals surface area contributed by atoms with Crippen LogP contribution in [-0.2, 0) is 16.2 Å². The molecule has 1 aliphatic carbocycles. The van der Waals surface area contributed by atoms with Gasteiger partial charge in [0.2, 0.25) is 10.0 Å². The van der Waals surface area contributed by atoms with Gasteiger partial charge in [-0.1, -0.05) is 26.0 Å². The monoisotopic (exact) mass is 396 g/mol. The maximum Gasteiger partial charge on any atom is 0.416 e. The number of rotatable bonds is 3. The van der Waals surface area contributed by atoms with E-state index in [-0.39, 0.29) is 10.3 Å². The number of aromatic nitrogens is 1. The van der Waals surface area contributed by atoms with Gasteiger partial charge in [-0.05, 0) is 59.2 Å². The minimum Gasteiger partial charge on any atom is -0.255 e. The summed E-state index contributed by atoms with van der Waals surface area (Å²) in [4.78, 5) is 4.15. The summed E-state index contributed by atoms with van der Waals surface area (Å²) in [6.45, 7) is 4.14. The van der Waals surface area contributed by atoms with Gasteiger partial charge >= 0.3 is 6.18 Å². The van der Waals surface area contributed by atoms with Crippen LogP contribution in [0, 0.1) is 5.41 Å². The lowest BCUT2D eigenvalue weighted by Crippen LogP contribution is -2.12. The standard InChI is InChI=1S/C19H19F3N2O2S/c1-18(2)9-15(12-3-5-13(6-4-12)19(20,21)22)16(10-18)17-8-7-14(11-24-17)27(23,25)26/h3-8,11H,9-10H2,1-2H3,(H2,23,25,26). The molecular formula is C19H19F3N2O2S. The third kappa shape index (κ3) is 4.22. The molecule has 0 bridgehead atoms. The maximum absolute atomic E-state index is 12.8. The topological polar surface area (TPSA) is 73.1 Å². The third-order valence-corrected chi connectivity index (χ3v) is 5.51. The van der Waals surface area contributed by atoms with Crippen molar-refractivity contribution in [3.05, 3.63) is 59.4 Å². The molecule has 2 N–H and O–H groups in total. The first-order valence-electron chi connectivity index (χ1n) is 8.26. The summed E-state index contributed by atoms with van der Waals surface area (Å²) in [7, 11) is -3.84. The van der Waals surface area contributed by atoms with Crippen molar-refractivity contribution < 1.29 is 21.6 Å². The number of benzene rings is 1. The number of nitrogens with zero attached hydrogens (tertiary/aromatic N) is 1. The highest BCUT2D eigenvalue weighted by Crippen LogP contribution is 2.49. The molecule has 1 aromatic heterocycles. The SMILES string of the molecule is CC1(C)CC(c2ccc(C(F)(F)F)cc2)=C(c2ccc(S(N)(=O)=O)cn2)C1. The fourth-order valence-electron chi connectivity index (χ4n) is 3.34. The number of primary sulfonamides is 1. The largest absolute Gasteiger partial charge is 0.416 e. The molecule has 0 spiro atoms. The molecule has 0 radical (unpaired) electrons. The van der Waals surface area contributed by atoms with E-state index in [2.05, 4.69) is 18.8 Å². The predicted octanol–water partition coefficient (Wildman–Crippen LogP) is 4.48. The Morgan fingerprint density at radius 3 is 2.07 bits per heavy atom.